The fourth-order valence-corrected chi connectivity index (χ4v) is 3.66. The maximum Gasteiger partial charge on any atom is 0.276 e. The highest BCUT2D eigenvalue weighted by Gasteiger charge is 2.19. The first-order valence-corrected chi connectivity index (χ1v) is 9.94. The first kappa shape index (κ1) is 19.7. The van der Waals surface area contributed by atoms with Crippen molar-refractivity contribution in [2.24, 2.45) is 0 Å². The Morgan fingerprint density at radius 3 is 2.79 bits per heavy atom. The highest BCUT2D eigenvalue weighted by Crippen LogP contribution is 2.29. The number of methoxy groups -OCH3 is 1. The number of hydrogen-bond donors (Lipinski definition) is 1. The summed E-state index contributed by atoms with van der Waals surface area (Å²) in [6, 6.07) is 12.9. The molecule has 1 aromatic heterocycles. The molecule has 1 aliphatic heterocycles. The molecule has 0 radical (unpaired) electrons. The monoisotopic (exact) mass is 414 g/mol. The van der Waals surface area contributed by atoms with Gasteiger partial charge in [0.2, 0.25) is 0 Å². The average molecular weight is 415 g/mol. The molecule has 2 heterocycles. The van der Waals surface area contributed by atoms with Crippen LogP contribution >= 0.6 is 11.6 Å². The number of benzene rings is 2. The lowest BCUT2D eigenvalue weighted by Gasteiger charge is -2.26. The van der Waals surface area contributed by atoms with Gasteiger partial charge < -0.3 is 14.8 Å². The van der Waals surface area contributed by atoms with E-state index in [-0.39, 0.29) is 5.91 Å². The second kappa shape index (κ2) is 8.82. The number of anilines is 1. The van der Waals surface area contributed by atoms with Crippen LogP contribution in [0.4, 0.5) is 5.69 Å². The van der Waals surface area contributed by atoms with Crippen LogP contribution in [0.2, 0.25) is 5.02 Å². The molecular weight excluding hydrogens is 392 g/mol. The van der Waals surface area contributed by atoms with Crippen LogP contribution < -0.4 is 10.1 Å². The number of carbonyl (C=O) groups excluding carboxylic acids is 1. The van der Waals surface area contributed by atoms with Crippen molar-refractivity contribution in [2.75, 3.05) is 45.3 Å². The molecule has 0 saturated carbocycles. The Morgan fingerprint density at radius 2 is 2.00 bits per heavy atom. The second-order valence-corrected chi connectivity index (χ2v) is 7.28. The minimum Gasteiger partial charge on any atom is -0.495 e. The molecule has 8 heteroatoms. The van der Waals surface area contributed by atoms with Gasteiger partial charge in [-0.15, -0.1) is 0 Å². The van der Waals surface area contributed by atoms with Gasteiger partial charge in [0.15, 0.2) is 5.69 Å². The largest absolute Gasteiger partial charge is 0.495 e. The summed E-state index contributed by atoms with van der Waals surface area (Å²) in [6.45, 7) is 4.92. The number of fused-ring (bicyclic) bond motifs is 1. The van der Waals surface area contributed by atoms with Gasteiger partial charge in [0.25, 0.3) is 5.91 Å². The number of ether oxygens (including phenoxy) is 2. The summed E-state index contributed by atoms with van der Waals surface area (Å²) in [5.74, 6) is 0.241. The third-order valence-electron chi connectivity index (χ3n) is 5.01. The number of aromatic nitrogens is 2. The molecule has 152 valence electrons. The lowest BCUT2D eigenvalue weighted by atomic mass is 10.2. The molecule has 4 rings (SSSR count). The minimum absolute atomic E-state index is 0.299. The Bertz CT molecular complexity index is 1010. The van der Waals surface area contributed by atoms with Crippen molar-refractivity contribution in [1.82, 2.24) is 14.7 Å². The Kier molecular flexibility index (Phi) is 5.99. The molecule has 1 amide bonds. The van der Waals surface area contributed by atoms with E-state index in [1.165, 1.54) is 0 Å². The van der Waals surface area contributed by atoms with E-state index < -0.39 is 0 Å². The van der Waals surface area contributed by atoms with Gasteiger partial charge in [0, 0.05) is 30.0 Å². The maximum atomic E-state index is 13.0. The molecule has 7 nitrogen and oxygen atoms in total. The molecule has 1 N–H and O–H groups in total. The smallest absolute Gasteiger partial charge is 0.276 e. The number of para-hydroxylation sites is 1. The average Bonchev–Trinajstić information content (AvgIpc) is 3.12. The van der Waals surface area contributed by atoms with Gasteiger partial charge in [-0.3, -0.25) is 14.4 Å². The van der Waals surface area contributed by atoms with Crippen LogP contribution in [0.15, 0.2) is 42.5 Å². The molecule has 0 spiro atoms. The number of morpholine rings is 1. The molecule has 2 aromatic carbocycles. The number of halogens is 1. The van der Waals surface area contributed by atoms with Crippen LogP contribution in [0.25, 0.3) is 10.9 Å². The molecule has 0 aliphatic carbocycles. The Balaban J connectivity index is 1.58. The summed E-state index contributed by atoms with van der Waals surface area (Å²) in [7, 11) is 1.55. The number of carbonyl (C=O) groups is 1. The number of nitrogens with one attached hydrogen (secondary N) is 1. The lowest BCUT2D eigenvalue weighted by molar-refractivity contribution is 0.0361. The van der Waals surface area contributed by atoms with E-state index in [9.17, 15) is 4.79 Å². The fraction of sp³-hybridized carbons (Fsp3) is 0.333. The molecule has 3 aromatic rings. The quantitative estimate of drug-likeness (QED) is 0.670. The predicted octanol–water partition coefficient (Wildman–Crippen LogP) is 3.28. The standard InChI is InChI=1S/C21H23ClN4O3/c1-28-19-7-6-15(22)14-17(19)23-21(27)20-16-4-2-3-5-18(16)26(24-20)9-8-25-10-12-29-13-11-25/h2-7,14H,8-13H2,1H3,(H,23,27). The topological polar surface area (TPSA) is 68.6 Å². The van der Waals surface area contributed by atoms with Crippen LogP contribution in [0.5, 0.6) is 5.75 Å². The summed E-state index contributed by atoms with van der Waals surface area (Å²) in [5, 5.41) is 8.83. The summed E-state index contributed by atoms with van der Waals surface area (Å²) >= 11 is 6.08. The van der Waals surface area contributed by atoms with Crippen molar-refractivity contribution in [2.45, 2.75) is 6.54 Å². The molecule has 0 unspecified atom stereocenters. The molecule has 0 atom stereocenters. The third kappa shape index (κ3) is 4.37. The van der Waals surface area contributed by atoms with Crippen LogP contribution in [0, 0.1) is 0 Å². The van der Waals surface area contributed by atoms with Gasteiger partial charge in [0.1, 0.15) is 5.75 Å². The van der Waals surface area contributed by atoms with Crippen LogP contribution in [0.1, 0.15) is 10.5 Å². The zero-order valence-corrected chi connectivity index (χ0v) is 17.0. The lowest BCUT2D eigenvalue weighted by Crippen LogP contribution is -2.38. The number of rotatable bonds is 6. The second-order valence-electron chi connectivity index (χ2n) is 6.84. The molecule has 1 aliphatic rings. The van der Waals surface area contributed by atoms with Crippen molar-refractivity contribution in [3.05, 3.63) is 53.2 Å². The summed E-state index contributed by atoms with van der Waals surface area (Å²) in [6.07, 6.45) is 0. The van der Waals surface area contributed by atoms with Gasteiger partial charge in [-0.1, -0.05) is 29.8 Å². The van der Waals surface area contributed by atoms with E-state index in [1.54, 1.807) is 25.3 Å². The summed E-state index contributed by atoms with van der Waals surface area (Å²) in [4.78, 5) is 15.4. The first-order chi connectivity index (χ1) is 14.2. The van der Waals surface area contributed by atoms with Crippen molar-refractivity contribution in [3.8, 4) is 5.75 Å². The SMILES string of the molecule is COc1ccc(Cl)cc1NC(=O)c1nn(CCN2CCOCC2)c2ccccc12. The predicted molar refractivity (Wildman–Crippen MR) is 113 cm³/mol. The van der Waals surface area contributed by atoms with Crippen molar-refractivity contribution in [3.63, 3.8) is 0 Å². The number of nitrogens with zero attached hydrogens (tertiary/aromatic N) is 3. The van der Waals surface area contributed by atoms with E-state index in [4.69, 9.17) is 21.1 Å². The molecule has 29 heavy (non-hydrogen) atoms. The Labute approximate surface area is 174 Å². The summed E-state index contributed by atoms with van der Waals surface area (Å²) in [5.41, 5.74) is 1.82. The zero-order valence-electron chi connectivity index (χ0n) is 16.2. The third-order valence-corrected chi connectivity index (χ3v) is 5.25. The van der Waals surface area contributed by atoms with Gasteiger partial charge in [-0.2, -0.15) is 5.10 Å². The van der Waals surface area contributed by atoms with E-state index in [0.717, 1.165) is 43.8 Å². The van der Waals surface area contributed by atoms with Crippen LogP contribution in [-0.2, 0) is 11.3 Å². The molecule has 1 saturated heterocycles. The zero-order chi connectivity index (χ0) is 20.2. The van der Waals surface area contributed by atoms with Gasteiger partial charge in [-0.25, -0.2) is 0 Å². The maximum absolute atomic E-state index is 13.0. The van der Waals surface area contributed by atoms with Crippen molar-refractivity contribution >= 4 is 34.1 Å². The van der Waals surface area contributed by atoms with Crippen molar-refractivity contribution in [1.29, 1.82) is 0 Å². The van der Waals surface area contributed by atoms with Crippen LogP contribution in [0.3, 0.4) is 0 Å². The highest BCUT2D eigenvalue weighted by molar-refractivity contribution is 6.31. The normalized spacial score (nSPS) is 14.8. The van der Waals surface area contributed by atoms with E-state index in [0.29, 0.717) is 28.7 Å². The van der Waals surface area contributed by atoms with E-state index in [1.807, 2.05) is 28.9 Å². The van der Waals surface area contributed by atoms with E-state index in [2.05, 4.69) is 15.3 Å². The van der Waals surface area contributed by atoms with Crippen LogP contribution in [-0.4, -0.2) is 60.5 Å². The molecule has 0 bridgehead atoms. The van der Waals surface area contributed by atoms with E-state index >= 15 is 0 Å². The first-order valence-electron chi connectivity index (χ1n) is 9.56. The summed E-state index contributed by atoms with van der Waals surface area (Å²) < 4.78 is 12.6. The Morgan fingerprint density at radius 1 is 1.21 bits per heavy atom. The number of hydrogen-bond acceptors (Lipinski definition) is 5. The Hall–Kier alpha value is -2.61. The number of amides is 1. The minimum atomic E-state index is -0.299. The fourth-order valence-electron chi connectivity index (χ4n) is 3.49. The highest BCUT2D eigenvalue weighted by atomic mass is 35.5. The van der Waals surface area contributed by atoms with Gasteiger partial charge >= 0.3 is 0 Å². The van der Waals surface area contributed by atoms with Crippen molar-refractivity contribution < 1.29 is 14.3 Å². The van der Waals surface area contributed by atoms with Gasteiger partial charge in [0.05, 0.1) is 38.1 Å². The van der Waals surface area contributed by atoms with Gasteiger partial charge in [-0.05, 0) is 24.3 Å². The molecular formula is C21H23ClN4O3. The molecule has 1 fully saturated rings.